The van der Waals surface area contributed by atoms with Crippen molar-refractivity contribution in [2.24, 2.45) is 0 Å². The number of fused-ring (bicyclic) bond motifs is 1. The Morgan fingerprint density at radius 2 is 1.93 bits per heavy atom. The van der Waals surface area contributed by atoms with Crippen LogP contribution in [-0.4, -0.2) is 11.4 Å². The molecule has 0 amide bonds. The van der Waals surface area contributed by atoms with Crippen LogP contribution in [0.25, 0.3) is 0 Å². The van der Waals surface area contributed by atoms with Crippen LogP contribution in [0.5, 0.6) is 11.5 Å². The average molecular weight is 202 g/mol. The second-order valence-corrected chi connectivity index (χ2v) is 3.05. The number of rotatable bonds is 1. The molecule has 1 heterocycles. The highest BCUT2D eigenvalue weighted by atomic mass is 19.3. The van der Waals surface area contributed by atoms with Crippen molar-refractivity contribution >= 4 is 0 Å². The minimum absolute atomic E-state index is 0.0144. The zero-order valence-corrected chi connectivity index (χ0v) is 7.33. The van der Waals surface area contributed by atoms with Gasteiger partial charge in [-0.1, -0.05) is 6.07 Å². The van der Waals surface area contributed by atoms with Gasteiger partial charge in [-0.25, -0.2) is 0 Å². The molecule has 0 bridgehead atoms. The normalized spacial score (nSPS) is 19.4. The highest BCUT2D eigenvalue weighted by Crippen LogP contribution is 2.41. The van der Waals surface area contributed by atoms with Crippen LogP contribution in [0, 0.1) is 0 Å². The van der Waals surface area contributed by atoms with Gasteiger partial charge in [0.2, 0.25) is 0 Å². The summed E-state index contributed by atoms with van der Waals surface area (Å²) in [6, 6.07) is 4.19. The maximum atomic E-state index is 12.6. The first-order valence-corrected chi connectivity index (χ1v) is 4.06. The Labute approximate surface area is 78.9 Å². The highest BCUT2D eigenvalue weighted by Gasteiger charge is 2.43. The number of benzene rings is 1. The molecule has 76 valence electrons. The summed E-state index contributed by atoms with van der Waals surface area (Å²) in [5.74, 6) is -0.0622. The van der Waals surface area contributed by atoms with E-state index in [-0.39, 0.29) is 11.5 Å². The Kier molecular flexibility index (Phi) is 1.85. The molecule has 0 aromatic heterocycles. The largest absolute Gasteiger partial charge is 0.586 e. The van der Waals surface area contributed by atoms with Crippen LogP contribution in [0.4, 0.5) is 8.78 Å². The molecule has 0 radical (unpaired) electrons. The topological polar surface area (TPSA) is 38.7 Å². The van der Waals surface area contributed by atoms with E-state index in [1.54, 1.807) is 0 Å². The lowest BCUT2D eigenvalue weighted by atomic mass is 10.1. The van der Waals surface area contributed by atoms with Crippen molar-refractivity contribution in [2.75, 3.05) is 0 Å². The van der Waals surface area contributed by atoms with Crippen LogP contribution in [0.2, 0.25) is 0 Å². The van der Waals surface area contributed by atoms with Crippen LogP contribution in [0.3, 0.4) is 0 Å². The molecule has 3 nitrogen and oxygen atoms in total. The molecule has 1 aromatic rings. The lowest BCUT2D eigenvalue weighted by Crippen LogP contribution is -2.25. The summed E-state index contributed by atoms with van der Waals surface area (Å²) in [6.45, 7) is 1.54. The van der Waals surface area contributed by atoms with Gasteiger partial charge in [0.05, 0.1) is 6.10 Å². The monoisotopic (exact) mass is 202 g/mol. The molecule has 2 rings (SSSR count). The number of aliphatic hydroxyl groups excluding tert-OH is 1. The van der Waals surface area contributed by atoms with Crippen LogP contribution in [0.15, 0.2) is 18.2 Å². The molecule has 0 saturated heterocycles. The van der Waals surface area contributed by atoms with Crippen molar-refractivity contribution in [3.8, 4) is 11.5 Å². The molecule has 14 heavy (non-hydrogen) atoms. The van der Waals surface area contributed by atoms with Gasteiger partial charge in [-0.3, -0.25) is 0 Å². The van der Waals surface area contributed by atoms with Crippen LogP contribution in [0.1, 0.15) is 18.6 Å². The van der Waals surface area contributed by atoms with E-state index in [1.165, 1.54) is 25.1 Å². The third-order valence-corrected chi connectivity index (χ3v) is 1.91. The zero-order chi connectivity index (χ0) is 10.3. The molecule has 0 unspecified atom stereocenters. The first kappa shape index (κ1) is 9.21. The van der Waals surface area contributed by atoms with E-state index in [1.807, 2.05) is 0 Å². The van der Waals surface area contributed by atoms with Gasteiger partial charge < -0.3 is 14.6 Å². The smallest absolute Gasteiger partial charge is 0.395 e. The number of alkyl halides is 2. The van der Waals surface area contributed by atoms with E-state index in [4.69, 9.17) is 0 Å². The third-order valence-electron chi connectivity index (χ3n) is 1.91. The van der Waals surface area contributed by atoms with Gasteiger partial charge in [0.25, 0.3) is 0 Å². The maximum absolute atomic E-state index is 12.6. The minimum atomic E-state index is -3.60. The van der Waals surface area contributed by atoms with Crippen LogP contribution in [-0.2, 0) is 0 Å². The Balaban J connectivity index is 2.36. The third kappa shape index (κ3) is 1.50. The SMILES string of the molecule is C[C@@H](O)c1ccc2c(c1)OC(F)(F)O2. The van der Waals surface area contributed by atoms with Crippen molar-refractivity contribution in [3.63, 3.8) is 0 Å². The van der Waals surface area contributed by atoms with E-state index in [9.17, 15) is 13.9 Å². The van der Waals surface area contributed by atoms with Crippen LogP contribution >= 0.6 is 0 Å². The molecule has 1 aromatic carbocycles. The second kappa shape index (κ2) is 2.81. The summed E-state index contributed by atoms with van der Waals surface area (Å²) in [5, 5.41) is 9.20. The minimum Gasteiger partial charge on any atom is -0.395 e. The highest BCUT2D eigenvalue weighted by molar-refractivity contribution is 5.45. The Morgan fingerprint density at radius 1 is 1.29 bits per heavy atom. The van der Waals surface area contributed by atoms with Crippen molar-refractivity contribution < 1.29 is 23.4 Å². The fourth-order valence-corrected chi connectivity index (χ4v) is 1.23. The molecular formula is C9H8F2O3. The van der Waals surface area contributed by atoms with E-state index < -0.39 is 12.4 Å². The fourth-order valence-electron chi connectivity index (χ4n) is 1.23. The molecule has 1 atom stereocenters. The number of aliphatic hydroxyl groups is 1. The second-order valence-electron chi connectivity index (χ2n) is 3.05. The first-order chi connectivity index (χ1) is 6.48. The quantitative estimate of drug-likeness (QED) is 0.757. The van der Waals surface area contributed by atoms with Crippen molar-refractivity contribution in [2.45, 2.75) is 19.3 Å². The van der Waals surface area contributed by atoms with Crippen molar-refractivity contribution in [1.29, 1.82) is 0 Å². The molecule has 0 saturated carbocycles. The van der Waals surface area contributed by atoms with E-state index in [0.29, 0.717) is 5.56 Å². The van der Waals surface area contributed by atoms with E-state index in [0.717, 1.165) is 0 Å². The Hall–Kier alpha value is -1.36. The molecule has 1 N–H and O–H groups in total. The number of hydrogen-bond donors (Lipinski definition) is 1. The molecule has 0 fully saturated rings. The summed E-state index contributed by atoms with van der Waals surface area (Å²) in [7, 11) is 0. The standard InChI is InChI=1S/C9H8F2O3/c1-5(12)6-2-3-7-8(4-6)14-9(10,11)13-7/h2-5,12H,1H3/t5-/m1/s1. The van der Waals surface area contributed by atoms with Gasteiger partial charge in [0, 0.05) is 0 Å². The van der Waals surface area contributed by atoms with Gasteiger partial charge in [-0.2, -0.15) is 0 Å². The number of halogens is 2. The average Bonchev–Trinajstić information content (AvgIpc) is 2.36. The molecular weight excluding hydrogens is 194 g/mol. The van der Waals surface area contributed by atoms with Gasteiger partial charge in [0.15, 0.2) is 11.5 Å². The molecule has 0 spiro atoms. The first-order valence-electron chi connectivity index (χ1n) is 4.06. The Bertz CT molecular complexity index is 363. The lowest BCUT2D eigenvalue weighted by Gasteiger charge is -2.05. The predicted octanol–water partition coefficient (Wildman–Crippen LogP) is 2.06. The van der Waals surface area contributed by atoms with Gasteiger partial charge in [-0.15, -0.1) is 8.78 Å². The maximum Gasteiger partial charge on any atom is 0.586 e. The fraction of sp³-hybridized carbons (Fsp3) is 0.333. The summed E-state index contributed by atoms with van der Waals surface area (Å²) in [6.07, 6.45) is -4.32. The molecule has 5 heteroatoms. The molecule has 0 aliphatic carbocycles. The van der Waals surface area contributed by atoms with Gasteiger partial charge in [-0.05, 0) is 24.6 Å². The lowest BCUT2D eigenvalue weighted by molar-refractivity contribution is -0.286. The summed E-state index contributed by atoms with van der Waals surface area (Å²) >= 11 is 0. The summed E-state index contributed by atoms with van der Waals surface area (Å²) < 4.78 is 33.5. The van der Waals surface area contributed by atoms with Crippen molar-refractivity contribution in [1.82, 2.24) is 0 Å². The van der Waals surface area contributed by atoms with E-state index >= 15 is 0 Å². The molecule has 1 aliphatic rings. The van der Waals surface area contributed by atoms with Gasteiger partial charge >= 0.3 is 6.29 Å². The summed E-state index contributed by atoms with van der Waals surface area (Å²) in [5.41, 5.74) is 0.505. The zero-order valence-electron chi connectivity index (χ0n) is 7.33. The predicted molar refractivity (Wildman–Crippen MR) is 43.3 cm³/mol. The number of ether oxygens (including phenoxy) is 2. The van der Waals surface area contributed by atoms with E-state index in [2.05, 4.69) is 9.47 Å². The van der Waals surface area contributed by atoms with Gasteiger partial charge in [0.1, 0.15) is 0 Å². The number of hydrogen-bond acceptors (Lipinski definition) is 3. The summed E-state index contributed by atoms with van der Waals surface area (Å²) in [4.78, 5) is 0. The van der Waals surface area contributed by atoms with Crippen molar-refractivity contribution in [3.05, 3.63) is 23.8 Å². The van der Waals surface area contributed by atoms with Crippen LogP contribution < -0.4 is 9.47 Å². The Morgan fingerprint density at radius 3 is 2.57 bits per heavy atom. The molecule has 1 aliphatic heterocycles.